The molecular formula is C39H74N10O17. The second-order valence-electron chi connectivity index (χ2n) is 15.1. The Hall–Kier alpha value is -6.23. The molecule has 0 radical (unpaired) electrons. The van der Waals surface area contributed by atoms with Gasteiger partial charge in [0.1, 0.15) is 54.6 Å². The van der Waals surface area contributed by atoms with Crippen molar-refractivity contribution in [2.24, 2.45) is 63.6 Å². The van der Waals surface area contributed by atoms with E-state index in [2.05, 4.69) is 10.1 Å². The number of aliphatic carboxylic acids is 7. The van der Waals surface area contributed by atoms with Crippen LogP contribution in [0.2, 0.25) is 0 Å². The van der Waals surface area contributed by atoms with Gasteiger partial charge in [-0.05, 0) is 67.6 Å². The Morgan fingerprint density at radius 1 is 0.591 bits per heavy atom. The number of carbonyl (C=O) groups is 8. The molecule has 27 heteroatoms. The van der Waals surface area contributed by atoms with Crippen molar-refractivity contribution in [1.29, 1.82) is 5.41 Å². The number of hydrogen-bond donors (Lipinski definition) is 18. The zero-order chi connectivity index (χ0) is 53.0. The SMILES string of the molecule is CC(C)C[C@H](N)C(=O)O.CC(C)[C@H](N)C(=O)O.CC(C)[C@H](N)C(=O)OC[C@H](N)C(=O)O.N=C(N)NCCC[C@H](N)C(=O)O.N[C@@H](CCC(=O)O)C(=O)O.N[C@@H](Cc1ccc(O)cc1)C(=O)O. The van der Waals surface area contributed by atoms with Gasteiger partial charge in [0.15, 0.2) is 5.96 Å². The Morgan fingerprint density at radius 3 is 1.30 bits per heavy atom. The van der Waals surface area contributed by atoms with Crippen molar-refractivity contribution in [3.8, 4) is 5.75 Å². The van der Waals surface area contributed by atoms with E-state index in [9.17, 15) is 38.4 Å². The van der Waals surface area contributed by atoms with Gasteiger partial charge in [-0.3, -0.25) is 43.8 Å². The van der Waals surface area contributed by atoms with Gasteiger partial charge in [0, 0.05) is 13.0 Å². The van der Waals surface area contributed by atoms with Gasteiger partial charge < -0.3 is 96.8 Å². The maximum absolute atomic E-state index is 11.1. The predicted octanol–water partition coefficient (Wildman–Crippen LogP) is -2.31. The zero-order valence-corrected chi connectivity index (χ0v) is 38.1. The molecule has 0 saturated heterocycles. The van der Waals surface area contributed by atoms with Crippen LogP contribution in [0.3, 0.4) is 0 Å². The standard InChI is InChI=1S/C9H11NO3.C8H16N2O4.C6H14N4O2.C6H13NO2.C5H9NO4.C5H11NO2/c10-8(9(12)13)5-6-1-3-7(11)4-2-6;1-4(2)6(10)8(13)14-3-5(9)7(11)12;7-4(5(11)12)2-1-3-10-6(8)9;1-4(2)3-5(7)6(8)9;6-3(5(9)10)1-2-4(7)8;1-3(2)4(6)5(7)8/h1-4,8,11H,5,10H2,(H,12,13);4-6H,3,9-10H2,1-2H3,(H,11,12);4H,1-3,7H2,(H,11,12)(H4,8,9,10);4-5H,3,7H2,1-2H3,(H,8,9);3H,1-2,6H2,(H,7,8)(H,9,10);3-4H,6H2,1-2H3,(H,7,8)/t8-;5-,6-;4-;5-;3-;4-/m000000/s1. The quantitative estimate of drug-likeness (QED) is 0.0251. The molecule has 0 aliphatic rings. The fourth-order valence-electron chi connectivity index (χ4n) is 3.55. The van der Waals surface area contributed by atoms with Crippen LogP contribution in [-0.4, -0.2) is 150 Å². The number of carboxylic acids is 7. The van der Waals surface area contributed by atoms with Crippen LogP contribution in [0.1, 0.15) is 79.2 Å². The van der Waals surface area contributed by atoms with Crippen molar-refractivity contribution in [3.05, 3.63) is 29.8 Å². The number of carbonyl (C=O) groups excluding carboxylic acids is 1. The normalized spacial score (nSPS) is 13.3. The summed E-state index contributed by atoms with van der Waals surface area (Å²) in [7, 11) is 0. The molecule has 0 amide bonds. The van der Waals surface area contributed by atoms with Gasteiger partial charge in [0.2, 0.25) is 0 Å². The molecular weight excluding hydrogens is 880 g/mol. The predicted molar refractivity (Wildman–Crippen MR) is 240 cm³/mol. The lowest BCUT2D eigenvalue weighted by molar-refractivity contribution is -0.150. The number of carboxylic acid groups (broad SMARTS) is 7. The van der Waals surface area contributed by atoms with Gasteiger partial charge in [0.05, 0.1) is 0 Å². The third-order valence-electron chi connectivity index (χ3n) is 7.78. The molecule has 0 aliphatic carbocycles. The second-order valence-corrected chi connectivity index (χ2v) is 15.1. The van der Waals surface area contributed by atoms with Crippen LogP contribution >= 0.6 is 0 Å². The lowest BCUT2D eigenvalue weighted by Crippen LogP contribution is -2.41. The average molecular weight is 955 g/mol. The van der Waals surface area contributed by atoms with E-state index in [1.165, 1.54) is 12.1 Å². The smallest absolute Gasteiger partial charge is 0.324 e. The van der Waals surface area contributed by atoms with Crippen LogP contribution in [0, 0.1) is 23.2 Å². The van der Waals surface area contributed by atoms with Gasteiger partial charge in [-0.1, -0.05) is 53.7 Å². The minimum atomic E-state index is -1.21. The van der Waals surface area contributed by atoms with E-state index in [-0.39, 0.29) is 49.4 Å². The molecule has 26 N–H and O–H groups in total. The van der Waals surface area contributed by atoms with Crippen molar-refractivity contribution in [1.82, 2.24) is 5.32 Å². The maximum atomic E-state index is 11.1. The van der Waals surface area contributed by atoms with E-state index < -0.39 is 90.0 Å². The fourth-order valence-corrected chi connectivity index (χ4v) is 3.55. The number of esters is 1. The topological polar surface area (TPSA) is 552 Å². The van der Waals surface area contributed by atoms with Crippen molar-refractivity contribution in [3.63, 3.8) is 0 Å². The summed E-state index contributed by atoms with van der Waals surface area (Å²) >= 11 is 0. The van der Waals surface area contributed by atoms with Crippen molar-refractivity contribution in [2.75, 3.05) is 13.2 Å². The van der Waals surface area contributed by atoms with E-state index in [0.29, 0.717) is 31.7 Å². The van der Waals surface area contributed by atoms with Crippen molar-refractivity contribution < 1.29 is 83.9 Å². The summed E-state index contributed by atoms with van der Waals surface area (Å²) in [6, 6.07) is 0.207. The lowest BCUT2D eigenvalue weighted by Gasteiger charge is -2.15. The number of hydrogen-bond acceptors (Lipinski definition) is 18. The molecule has 27 nitrogen and oxygen atoms in total. The molecule has 0 spiro atoms. The molecule has 0 heterocycles. The van der Waals surface area contributed by atoms with Gasteiger partial charge in [-0.25, -0.2) is 0 Å². The molecule has 0 fully saturated rings. The van der Waals surface area contributed by atoms with Gasteiger partial charge in [0.25, 0.3) is 0 Å². The third-order valence-corrected chi connectivity index (χ3v) is 7.78. The molecule has 1 aromatic carbocycles. The van der Waals surface area contributed by atoms with Crippen LogP contribution < -0.4 is 51.2 Å². The van der Waals surface area contributed by atoms with Crippen LogP contribution in [-0.2, 0) is 49.5 Å². The van der Waals surface area contributed by atoms with Crippen LogP contribution in [0.5, 0.6) is 5.75 Å². The van der Waals surface area contributed by atoms with Crippen LogP contribution in [0.25, 0.3) is 0 Å². The molecule has 1 aromatic rings. The Kier molecular flexibility index (Phi) is 40.8. The fraction of sp³-hybridized carbons (Fsp3) is 0.615. The van der Waals surface area contributed by atoms with Crippen molar-refractivity contribution >= 4 is 53.7 Å². The first kappa shape index (κ1) is 68.8. The molecule has 0 bridgehead atoms. The first-order chi connectivity index (χ1) is 30.1. The summed E-state index contributed by atoms with van der Waals surface area (Å²) in [5, 5.41) is 76.4. The number of nitrogens with one attached hydrogen (secondary N) is 2. The number of benzene rings is 1. The third kappa shape index (κ3) is 44.4. The Balaban J connectivity index is -0.000000228. The highest BCUT2D eigenvalue weighted by atomic mass is 16.5. The first-order valence-corrected chi connectivity index (χ1v) is 20.0. The summed E-state index contributed by atoms with van der Waals surface area (Å²) in [6.45, 7) is 11.1. The summed E-state index contributed by atoms with van der Waals surface area (Å²) in [5.41, 5.74) is 42.3. The number of phenolic OH excluding ortho intramolecular Hbond substituents is 1. The largest absolute Gasteiger partial charge is 0.508 e. The molecule has 0 aliphatic heterocycles. The number of nitrogens with two attached hydrogens (primary N) is 8. The molecule has 7 atom stereocenters. The Bertz CT molecular complexity index is 1600. The van der Waals surface area contributed by atoms with Crippen LogP contribution in [0.15, 0.2) is 24.3 Å². The minimum absolute atomic E-state index is 0.0208. The summed E-state index contributed by atoms with van der Waals surface area (Å²) < 4.78 is 4.62. The molecule has 0 unspecified atom stereocenters. The van der Waals surface area contributed by atoms with Gasteiger partial charge in [-0.15, -0.1) is 0 Å². The van der Waals surface area contributed by atoms with Crippen molar-refractivity contribution in [2.45, 2.75) is 122 Å². The highest BCUT2D eigenvalue weighted by molar-refractivity contribution is 5.78. The van der Waals surface area contributed by atoms with E-state index >= 15 is 0 Å². The molecule has 0 saturated carbocycles. The minimum Gasteiger partial charge on any atom is -0.508 e. The van der Waals surface area contributed by atoms with E-state index in [1.54, 1.807) is 39.8 Å². The van der Waals surface area contributed by atoms with Gasteiger partial charge >= 0.3 is 47.8 Å². The second kappa shape index (κ2) is 39.2. The highest BCUT2D eigenvalue weighted by Gasteiger charge is 2.21. The van der Waals surface area contributed by atoms with E-state index in [1.807, 2.05) is 13.8 Å². The lowest BCUT2D eigenvalue weighted by atomic mass is 10.1. The van der Waals surface area contributed by atoms with Gasteiger partial charge in [-0.2, -0.15) is 0 Å². The van der Waals surface area contributed by atoms with Crippen LogP contribution in [0.4, 0.5) is 0 Å². The summed E-state index contributed by atoms with van der Waals surface area (Å²) in [5.74, 6) is -7.53. The average Bonchev–Trinajstić information content (AvgIpc) is 3.20. The van der Waals surface area contributed by atoms with E-state index in [0.717, 1.165) is 5.56 Å². The summed E-state index contributed by atoms with van der Waals surface area (Å²) in [4.78, 5) is 82.0. The highest BCUT2D eigenvalue weighted by Crippen LogP contribution is 2.11. The maximum Gasteiger partial charge on any atom is 0.324 e. The number of rotatable bonds is 22. The number of phenols is 1. The monoisotopic (exact) mass is 955 g/mol. The zero-order valence-electron chi connectivity index (χ0n) is 38.1. The Labute approximate surface area is 382 Å². The summed E-state index contributed by atoms with van der Waals surface area (Å²) in [6.07, 6.45) is 1.58. The molecule has 1 rings (SSSR count). The number of ether oxygens (including phenoxy) is 1. The number of aromatic hydroxyl groups is 1. The Morgan fingerprint density at radius 2 is 1.00 bits per heavy atom. The molecule has 66 heavy (non-hydrogen) atoms. The number of guanidine groups is 1. The molecule has 0 aromatic heterocycles. The molecule has 382 valence electrons. The van der Waals surface area contributed by atoms with E-state index in [4.69, 9.17) is 92.1 Å². The first-order valence-electron chi connectivity index (χ1n) is 20.0.